The van der Waals surface area contributed by atoms with Crippen molar-refractivity contribution < 1.29 is 18.0 Å². The number of nitrogens with zero attached hydrogens (tertiary/aromatic N) is 3. The van der Waals surface area contributed by atoms with Gasteiger partial charge in [0.1, 0.15) is 11.5 Å². The van der Waals surface area contributed by atoms with Gasteiger partial charge in [-0.2, -0.15) is 13.2 Å². The Morgan fingerprint density at radius 2 is 2.00 bits per heavy atom. The van der Waals surface area contributed by atoms with Crippen molar-refractivity contribution in [1.29, 1.82) is 0 Å². The zero-order valence-electron chi connectivity index (χ0n) is 11.5. The van der Waals surface area contributed by atoms with Gasteiger partial charge in [0.05, 0.1) is 13.2 Å². The van der Waals surface area contributed by atoms with E-state index >= 15 is 0 Å². The Morgan fingerprint density at radius 3 is 2.62 bits per heavy atom. The van der Waals surface area contributed by atoms with Crippen molar-refractivity contribution in [1.82, 2.24) is 15.3 Å². The van der Waals surface area contributed by atoms with Gasteiger partial charge in [-0.05, 0) is 13.8 Å². The summed E-state index contributed by atoms with van der Waals surface area (Å²) in [5.41, 5.74) is -0.955. The Balaban J connectivity index is 0.00000200. The van der Waals surface area contributed by atoms with Crippen LogP contribution in [-0.2, 0) is 11.0 Å². The average molecular weight is 349 g/mol. The highest BCUT2D eigenvalue weighted by molar-refractivity contribution is 5.85. The van der Waals surface area contributed by atoms with Crippen LogP contribution in [-0.4, -0.2) is 35.7 Å². The molecule has 21 heavy (non-hydrogen) atoms. The molecule has 0 aromatic carbocycles. The highest BCUT2D eigenvalue weighted by atomic mass is 35.5. The van der Waals surface area contributed by atoms with E-state index in [1.54, 1.807) is 0 Å². The lowest BCUT2D eigenvalue weighted by atomic mass is 10.3. The number of rotatable bonds is 1. The number of anilines is 1. The Morgan fingerprint density at radius 1 is 1.33 bits per heavy atom. The van der Waals surface area contributed by atoms with Crippen LogP contribution in [0.2, 0.25) is 0 Å². The summed E-state index contributed by atoms with van der Waals surface area (Å²) in [7, 11) is 0. The summed E-state index contributed by atoms with van der Waals surface area (Å²) in [6.07, 6.45) is -4.49. The molecule has 0 unspecified atom stereocenters. The van der Waals surface area contributed by atoms with Crippen LogP contribution in [0, 0.1) is 6.92 Å². The third-order valence-corrected chi connectivity index (χ3v) is 2.66. The van der Waals surface area contributed by atoms with Gasteiger partial charge in [-0.1, -0.05) is 0 Å². The predicted octanol–water partition coefficient (Wildman–Crippen LogP) is 2.38. The quantitative estimate of drug-likeness (QED) is 0.844. The summed E-state index contributed by atoms with van der Waals surface area (Å²) in [6.45, 7) is 4.79. The molecule has 1 aromatic heterocycles. The lowest BCUT2D eigenvalue weighted by Gasteiger charge is -2.21. The van der Waals surface area contributed by atoms with Crippen molar-refractivity contribution in [3.05, 3.63) is 17.6 Å². The van der Waals surface area contributed by atoms with Crippen LogP contribution in [0.4, 0.5) is 19.0 Å². The number of aromatic nitrogens is 2. The molecule has 1 aromatic rings. The molecule has 0 aliphatic carbocycles. The molecule has 0 radical (unpaired) electrons. The molecule has 122 valence electrons. The fraction of sp³-hybridized carbons (Fsp3) is 0.636. The largest absolute Gasteiger partial charge is 0.433 e. The molecule has 10 heteroatoms. The predicted molar refractivity (Wildman–Crippen MR) is 77.0 cm³/mol. The van der Waals surface area contributed by atoms with Gasteiger partial charge in [-0.15, -0.1) is 24.8 Å². The molecular weight excluding hydrogens is 332 g/mol. The van der Waals surface area contributed by atoms with Gasteiger partial charge in [0, 0.05) is 18.7 Å². The topological polar surface area (TPSA) is 50.3 Å². The lowest BCUT2D eigenvalue weighted by molar-refractivity contribution is -0.141. The number of nitrogens with one attached hydrogen (secondary N) is 1. The van der Waals surface area contributed by atoms with E-state index in [0.29, 0.717) is 19.7 Å². The van der Waals surface area contributed by atoms with Gasteiger partial charge in [-0.3, -0.25) is 4.84 Å². The summed E-state index contributed by atoms with van der Waals surface area (Å²) in [5, 5.41) is 4.55. The molecule has 1 saturated heterocycles. The second-order valence-corrected chi connectivity index (χ2v) is 4.41. The van der Waals surface area contributed by atoms with Crippen LogP contribution in [0.1, 0.15) is 18.4 Å². The summed E-state index contributed by atoms with van der Waals surface area (Å²) < 4.78 is 38.1. The highest BCUT2D eigenvalue weighted by Crippen LogP contribution is 2.29. The summed E-state index contributed by atoms with van der Waals surface area (Å²) in [5.74, 6) is 0.203. The number of hydroxylamine groups is 1. The zero-order chi connectivity index (χ0) is 14.0. The number of aryl methyl sites for hydroxylation is 1. The van der Waals surface area contributed by atoms with E-state index in [-0.39, 0.29) is 42.5 Å². The molecule has 2 rings (SSSR count). The number of hydrogen-bond acceptors (Lipinski definition) is 5. The fourth-order valence-corrected chi connectivity index (χ4v) is 1.74. The second kappa shape index (κ2) is 7.98. The van der Waals surface area contributed by atoms with Crippen LogP contribution < -0.4 is 10.4 Å². The summed E-state index contributed by atoms with van der Waals surface area (Å²) in [4.78, 5) is 12.8. The van der Waals surface area contributed by atoms with E-state index < -0.39 is 11.9 Å². The first-order valence-electron chi connectivity index (χ1n) is 5.93. The molecule has 0 spiro atoms. The smallest absolute Gasteiger partial charge is 0.310 e. The van der Waals surface area contributed by atoms with Gasteiger partial charge in [0.2, 0.25) is 0 Å². The van der Waals surface area contributed by atoms with E-state index in [4.69, 9.17) is 4.84 Å². The van der Waals surface area contributed by atoms with Gasteiger partial charge >= 0.3 is 6.18 Å². The molecule has 1 fully saturated rings. The SMILES string of the molecule is Cc1nc(N2CCN[C@H](C)CO2)cc(C(F)(F)F)n1.Cl.Cl. The molecule has 0 saturated carbocycles. The Hall–Kier alpha value is -0.830. The maximum absolute atomic E-state index is 12.7. The maximum atomic E-state index is 12.7. The number of halogens is 5. The third kappa shape index (κ3) is 5.46. The average Bonchev–Trinajstić information content (AvgIpc) is 2.52. The molecule has 1 aliphatic heterocycles. The van der Waals surface area contributed by atoms with Crippen LogP contribution >= 0.6 is 24.8 Å². The molecule has 1 N–H and O–H groups in total. The zero-order valence-corrected chi connectivity index (χ0v) is 13.1. The number of alkyl halides is 3. The fourth-order valence-electron chi connectivity index (χ4n) is 1.74. The van der Waals surface area contributed by atoms with Crippen LogP contribution in [0.5, 0.6) is 0 Å². The van der Waals surface area contributed by atoms with Crippen molar-refractivity contribution in [3.8, 4) is 0 Å². The van der Waals surface area contributed by atoms with Gasteiger partial charge in [-0.25, -0.2) is 15.0 Å². The third-order valence-electron chi connectivity index (χ3n) is 2.66. The van der Waals surface area contributed by atoms with E-state index in [0.717, 1.165) is 6.07 Å². The highest BCUT2D eigenvalue weighted by Gasteiger charge is 2.34. The minimum atomic E-state index is -4.49. The van der Waals surface area contributed by atoms with Crippen molar-refractivity contribution in [2.75, 3.05) is 24.8 Å². The molecule has 5 nitrogen and oxygen atoms in total. The van der Waals surface area contributed by atoms with Crippen LogP contribution in [0.15, 0.2) is 6.07 Å². The summed E-state index contributed by atoms with van der Waals surface area (Å²) in [6, 6.07) is 1.05. The van der Waals surface area contributed by atoms with E-state index in [9.17, 15) is 13.2 Å². The van der Waals surface area contributed by atoms with Gasteiger partial charge < -0.3 is 5.32 Å². The monoisotopic (exact) mass is 348 g/mol. The first-order chi connectivity index (χ1) is 8.86. The molecule has 1 aliphatic rings. The van der Waals surface area contributed by atoms with E-state index in [1.807, 2.05) is 6.92 Å². The Kier molecular flexibility index (Phi) is 7.66. The Labute approximate surface area is 133 Å². The van der Waals surface area contributed by atoms with Crippen LogP contribution in [0.25, 0.3) is 0 Å². The second-order valence-electron chi connectivity index (χ2n) is 4.41. The van der Waals surface area contributed by atoms with Crippen molar-refractivity contribution in [3.63, 3.8) is 0 Å². The van der Waals surface area contributed by atoms with Crippen molar-refractivity contribution >= 4 is 30.6 Å². The van der Waals surface area contributed by atoms with Crippen LogP contribution in [0.3, 0.4) is 0 Å². The van der Waals surface area contributed by atoms with Gasteiger partial charge in [0.25, 0.3) is 0 Å². The van der Waals surface area contributed by atoms with E-state index in [1.165, 1.54) is 12.0 Å². The Bertz CT molecular complexity index is 462. The first kappa shape index (κ1) is 20.2. The molecule has 0 amide bonds. The minimum Gasteiger partial charge on any atom is -0.310 e. The number of hydrogen-bond donors (Lipinski definition) is 1. The van der Waals surface area contributed by atoms with Crippen molar-refractivity contribution in [2.24, 2.45) is 0 Å². The standard InChI is InChI=1S/C11H15F3N4O.2ClH/c1-7-6-19-18(4-3-15-7)10-5-9(11(12,13)14)16-8(2)17-10;;/h5,7,15H,3-4,6H2,1-2H3;2*1H/t7-;;/m1../s1. The molecule has 2 heterocycles. The van der Waals surface area contributed by atoms with Crippen molar-refractivity contribution in [2.45, 2.75) is 26.1 Å². The molecule has 1 atom stereocenters. The van der Waals surface area contributed by atoms with Gasteiger partial charge in [0.15, 0.2) is 5.82 Å². The molecular formula is C11H17Cl2F3N4O. The lowest BCUT2D eigenvalue weighted by Crippen LogP contribution is -2.29. The molecule has 0 bridgehead atoms. The maximum Gasteiger partial charge on any atom is 0.433 e. The normalized spacial score (nSPS) is 19.3. The summed E-state index contributed by atoms with van der Waals surface area (Å²) >= 11 is 0. The first-order valence-corrected chi connectivity index (χ1v) is 5.93. The minimum absolute atomic E-state index is 0. The van der Waals surface area contributed by atoms with E-state index in [2.05, 4.69) is 15.3 Å².